The second kappa shape index (κ2) is 66.0. The molecule has 0 aromatic carbocycles. The Labute approximate surface area is 587 Å². The van der Waals surface area contributed by atoms with E-state index in [0.29, 0.717) is 12.8 Å². The average molecular weight is 1360 g/mol. The zero-order valence-corrected chi connectivity index (χ0v) is 61.6. The number of hydrogen-bond donors (Lipinski definition) is 9. The van der Waals surface area contributed by atoms with Crippen LogP contribution in [0.3, 0.4) is 0 Å². The van der Waals surface area contributed by atoms with Gasteiger partial charge in [-0.25, -0.2) is 0 Å². The zero-order chi connectivity index (χ0) is 69.4. The molecular formula is C82H151NO13. The van der Waals surface area contributed by atoms with Gasteiger partial charge in [-0.1, -0.05) is 357 Å². The fraction of sp³-hybridized carbons (Fsp3) is 0.866. The summed E-state index contributed by atoms with van der Waals surface area (Å²) in [7, 11) is 0. The van der Waals surface area contributed by atoms with Gasteiger partial charge in [-0.2, -0.15) is 0 Å². The molecule has 2 aliphatic heterocycles. The minimum Gasteiger partial charge on any atom is -0.394 e. The predicted molar refractivity (Wildman–Crippen MR) is 397 cm³/mol. The molecule has 0 saturated carbocycles. The third-order valence-corrected chi connectivity index (χ3v) is 19.7. The Morgan fingerprint density at radius 3 is 1.10 bits per heavy atom. The first-order valence-electron chi connectivity index (χ1n) is 40.5. The van der Waals surface area contributed by atoms with E-state index < -0.39 is 86.8 Å². The summed E-state index contributed by atoms with van der Waals surface area (Å²) < 4.78 is 23.0. The highest BCUT2D eigenvalue weighted by molar-refractivity contribution is 5.76. The van der Waals surface area contributed by atoms with E-state index in [0.717, 1.165) is 83.5 Å². The van der Waals surface area contributed by atoms with Crippen molar-refractivity contribution in [2.45, 2.75) is 434 Å². The van der Waals surface area contributed by atoms with Gasteiger partial charge in [0, 0.05) is 6.42 Å². The fourth-order valence-corrected chi connectivity index (χ4v) is 13.4. The fourth-order valence-electron chi connectivity index (χ4n) is 13.4. The third kappa shape index (κ3) is 48.5. The van der Waals surface area contributed by atoms with Gasteiger partial charge in [0.25, 0.3) is 0 Å². The highest BCUT2D eigenvalue weighted by Gasteiger charge is 2.51. The van der Waals surface area contributed by atoms with E-state index in [-0.39, 0.29) is 12.5 Å². The quantitative estimate of drug-likeness (QED) is 0.0204. The molecule has 0 spiro atoms. The second-order valence-corrected chi connectivity index (χ2v) is 28.5. The molecule has 1 amide bonds. The van der Waals surface area contributed by atoms with Crippen LogP contribution in [-0.4, -0.2) is 140 Å². The number of unbranched alkanes of at least 4 members (excludes halogenated alkanes) is 45. The first-order valence-corrected chi connectivity index (χ1v) is 40.5. The minimum atomic E-state index is -1.78. The molecule has 0 aliphatic carbocycles. The summed E-state index contributed by atoms with van der Waals surface area (Å²) in [6.07, 6.45) is 72.7. The first kappa shape index (κ1) is 89.8. The lowest BCUT2D eigenvalue weighted by Crippen LogP contribution is -2.65. The molecular weight excluding hydrogens is 1210 g/mol. The maximum atomic E-state index is 13.4. The van der Waals surface area contributed by atoms with Crippen LogP contribution in [0.5, 0.6) is 0 Å². The number of allylic oxidation sites excluding steroid dienone is 10. The lowest BCUT2D eigenvalue weighted by molar-refractivity contribution is -0.359. The Hall–Kier alpha value is -2.31. The summed E-state index contributed by atoms with van der Waals surface area (Å²) in [5.41, 5.74) is 0. The summed E-state index contributed by atoms with van der Waals surface area (Å²) in [5.74, 6) is -0.199. The summed E-state index contributed by atoms with van der Waals surface area (Å²) in [4.78, 5) is 13.4. The van der Waals surface area contributed by atoms with E-state index in [1.165, 1.54) is 250 Å². The highest BCUT2D eigenvalue weighted by Crippen LogP contribution is 2.30. The topological polar surface area (TPSA) is 228 Å². The molecule has 2 fully saturated rings. The predicted octanol–water partition coefficient (Wildman–Crippen LogP) is 18.4. The van der Waals surface area contributed by atoms with Gasteiger partial charge in [-0.3, -0.25) is 4.79 Å². The zero-order valence-electron chi connectivity index (χ0n) is 61.6. The van der Waals surface area contributed by atoms with Gasteiger partial charge in [0.2, 0.25) is 5.91 Å². The van der Waals surface area contributed by atoms with Crippen molar-refractivity contribution < 1.29 is 64.6 Å². The lowest BCUT2D eigenvalue weighted by atomic mass is 9.97. The van der Waals surface area contributed by atoms with Crippen LogP contribution in [0.25, 0.3) is 0 Å². The van der Waals surface area contributed by atoms with Crippen molar-refractivity contribution in [3.63, 3.8) is 0 Å². The Bertz CT molecular complexity index is 1840. The normalized spacial score (nSPS) is 22.5. The van der Waals surface area contributed by atoms with Crippen LogP contribution in [0.15, 0.2) is 60.8 Å². The number of nitrogens with one attached hydrogen (secondary N) is 1. The summed E-state index contributed by atoms with van der Waals surface area (Å²) in [6, 6.07) is -0.829. The van der Waals surface area contributed by atoms with E-state index in [1.807, 2.05) is 0 Å². The molecule has 0 radical (unpaired) electrons. The summed E-state index contributed by atoms with van der Waals surface area (Å²) >= 11 is 0. The van der Waals surface area contributed by atoms with E-state index in [2.05, 4.69) is 79.9 Å². The van der Waals surface area contributed by atoms with E-state index in [4.69, 9.17) is 18.9 Å². The standard InChI is InChI=1S/C82H151NO13/c1-3-5-7-9-11-13-15-17-19-21-23-25-26-27-28-29-30-31-32-33-34-35-36-37-38-39-40-41-42-43-44-46-48-50-52-54-56-58-60-62-64-66-74(87)83-70(71(86)65-63-61-59-57-55-53-51-49-47-45-24-22-20-18-16-14-12-10-8-6-4-2)69-93-81-79(92)77(90)80(73(68-85)95-81)96-82-78(91)76(89)75(88)72(67-84)94-82/h5,7,11,13,17,19,23,25,27-28,70-73,75-82,84-86,88-92H,3-4,6,8-10,12,14-16,18,20-22,24,26,29-69H2,1-2H3,(H,83,87)/b7-5-,13-11-,19-17-,25-23-,28-27-. The number of ether oxygens (including phenoxy) is 4. The van der Waals surface area contributed by atoms with Gasteiger partial charge < -0.3 is 65.1 Å². The van der Waals surface area contributed by atoms with Gasteiger partial charge in [0.1, 0.15) is 48.8 Å². The van der Waals surface area contributed by atoms with Crippen LogP contribution in [0, 0.1) is 0 Å². The molecule has 14 nitrogen and oxygen atoms in total. The maximum absolute atomic E-state index is 13.4. The molecule has 2 aliphatic rings. The minimum absolute atomic E-state index is 0.199. The average Bonchev–Trinajstić information content (AvgIpc) is 0.807. The molecule has 14 heteroatoms. The molecule has 96 heavy (non-hydrogen) atoms. The Morgan fingerprint density at radius 1 is 0.385 bits per heavy atom. The highest BCUT2D eigenvalue weighted by atomic mass is 16.7. The van der Waals surface area contributed by atoms with E-state index in [1.54, 1.807) is 0 Å². The molecule has 2 rings (SSSR count). The Kier molecular flexibility index (Phi) is 61.7. The molecule has 0 aromatic heterocycles. The van der Waals surface area contributed by atoms with Gasteiger partial charge in [0.15, 0.2) is 12.6 Å². The van der Waals surface area contributed by atoms with Crippen molar-refractivity contribution in [2.75, 3.05) is 19.8 Å². The van der Waals surface area contributed by atoms with Crippen LogP contribution in [0.1, 0.15) is 361 Å². The number of carbonyl (C=O) groups is 1. The van der Waals surface area contributed by atoms with Crippen molar-refractivity contribution in [3.05, 3.63) is 60.8 Å². The smallest absolute Gasteiger partial charge is 0.220 e. The van der Waals surface area contributed by atoms with E-state index >= 15 is 0 Å². The Morgan fingerprint density at radius 2 is 0.719 bits per heavy atom. The SMILES string of the molecule is CC/C=C\C/C=C\C/C=C\C/C=C\C/C=C\CCCCCCCCCCCCCCCCCCCCCCCCCCCC(=O)NC(COC1OC(CO)C(OC2OC(CO)C(O)C(O)C2O)C(O)C1O)C(O)CCCCCCCCCCCCCCCCCCCCCCC. The molecule has 2 heterocycles. The van der Waals surface area contributed by atoms with Gasteiger partial charge in [0.05, 0.1) is 32.0 Å². The molecule has 562 valence electrons. The lowest BCUT2D eigenvalue weighted by Gasteiger charge is -2.46. The van der Waals surface area contributed by atoms with Crippen LogP contribution < -0.4 is 5.32 Å². The monoisotopic (exact) mass is 1360 g/mol. The summed E-state index contributed by atoms with van der Waals surface area (Å²) in [6.45, 7) is 2.80. The number of carbonyl (C=O) groups excluding carboxylic acids is 1. The molecule has 12 atom stereocenters. The number of aliphatic hydroxyl groups is 8. The van der Waals surface area contributed by atoms with Crippen molar-refractivity contribution in [2.24, 2.45) is 0 Å². The van der Waals surface area contributed by atoms with Crippen molar-refractivity contribution in [1.82, 2.24) is 5.32 Å². The van der Waals surface area contributed by atoms with Crippen molar-refractivity contribution >= 4 is 5.91 Å². The third-order valence-electron chi connectivity index (χ3n) is 19.7. The van der Waals surface area contributed by atoms with Gasteiger partial charge in [-0.05, 0) is 57.8 Å². The molecule has 9 N–H and O–H groups in total. The largest absolute Gasteiger partial charge is 0.394 e. The molecule has 0 bridgehead atoms. The second-order valence-electron chi connectivity index (χ2n) is 28.5. The molecule has 12 unspecified atom stereocenters. The molecule has 0 aromatic rings. The maximum Gasteiger partial charge on any atom is 0.220 e. The Balaban J connectivity index is 1.55. The van der Waals surface area contributed by atoms with Crippen LogP contribution in [0.4, 0.5) is 0 Å². The van der Waals surface area contributed by atoms with Gasteiger partial charge in [-0.15, -0.1) is 0 Å². The number of hydrogen-bond acceptors (Lipinski definition) is 13. The van der Waals surface area contributed by atoms with Crippen LogP contribution in [-0.2, 0) is 23.7 Å². The van der Waals surface area contributed by atoms with Crippen molar-refractivity contribution in [1.29, 1.82) is 0 Å². The molecule has 2 saturated heterocycles. The van der Waals surface area contributed by atoms with E-state index in [9.17, 15) is 45.6 Å². The van der Waals surface area contributed by atoms with Crippen LogP contribution in [0.2, 0.25) is 0 Å². The first-order chi connectivity index (χ1) is 47.1. The summed E-state index contributed by atoms with van der Waals surface area (Å²) in [5, 5.41) is 87.8. The van der Waals surface area contributed by atoms with Crippen LogP contribution >= 0.6 is 0 Å². The van der Waals surface area contributed by atoms with Crippen molar-refractivity contribution in [3.8, 4) is 0 Å². The number of amides is 1. The van der Waals surface area contributed by atoms with Gasteiger partial charge >= 0.3 is 0 Å². The number of aliphatic hydroxyl groups excluding tert-OH is 8. The number of rotatable bonds is 68.